The lowest BCUT2D eigenvalue weighted by molar-refractivity contribution is -0.136. The van der Waals surface area contributed by atoms with Crippen molar-refractivity contribution in [3.63, 3.8) is 0 Å². The number of rotatable bonds is 5. The minimum atomic E-state index is -3.72. The molecular formula is C11H13NO5S. The third-order valence-corrected chi connectivity index (χ3v) is 4.08. The van der Waals surface area contributed by atoms with Crippen LogP contribution in [0.4, 0.5) is 0 Å². The minimum absolute atomic E-state index is 0.0721. The van der Waals surface area contributed by atoms with Gasteiger partial charge in [0.15, 0.2) is 0 Å². The quantitative estimate of drug-likeness (QED) is 0.807. The third kappa shape index (κ3) is 2.62. The Morgan fingerprint density at radius 3 is 2.94 bits per heavy atom. The van der Waals surface area contributed by atoms with Gasteiger partial charge in [0, 0.05) is 13.0 Å². The molecule has 0 amide bonds. The van der Waals surface area contributed by atoms with Gasteiger partial charge in [-0.1, -0.05) is 12.1 Å². The maximum Gasteiger partial charge on any atom is 0.304 e. The molecule has 2 rings (SSSR count). The van der Waals surface area contributed by atoms with Crippen molar-refractivity contribution in [2.75, 3.05) is 13.2 Å². The number of carbonyl (C=O) groups is 1. The Hall–Kier alpha value is -1.60. The first-order valence-corrected chi connectivity index (χ1v) is 6.95. The molecule has 0 atom stereocenters. The van der Waals surface area contributed by atoms with Crippen LogP contribution in [-0.2, 0) is 21.2 Å². The zero-order chi connectivity index (χ0) is 13.2. The van der Waals surface area contributed by atoms with Gasteiger partial charge >= 0.3 is 5.97 Å². The predicted octanol–water partition coefficient (Wildman–Crippen LogP) is 0.375. The summed E-state index contributed by atoms with van der Waals surface area (Å²) in [6, 6.07) is 4.92. The second-order valence-corrected chi connectivity index (χ2v) is 5.62. The Kier molecular flexibility index (Phi) is 3.53. The van der Waals surface area contributed by atoms with Crippen molar-refractivity contribution in [2.24, 2.45) is 0 Å². The summed E-state index contributed by atoms with van der Waals surface area (Å²) >= 11 is 0. The molecule has 18 heavy (non-hydrogen) atoms. The Labute approximate surface area is 105 Å². The van der Waals surface area contributed by atoms with Gasteiger partial charge in [0.05, 0.1) is 13.0 Å². The third-order valence-electron chi connectivity index (χ3n) is 2.60. The van der Waals surface area contributed by atoms with E-state index in [0.29, 0.717) is 18.8 Å². The fourth-order valence-electron chi connectivity index (χ4n) is 1.77. The van der Waals surface area contributed by atoms with Crippen LogP contribution < -0.4 is 9.46 Å². The monoisotopic (exact) mass is 271 g/mol. The summed E-state index contributed by atoms with van der Waals surface area (Å²) in [5.74, 6) is -0.674. The molecule has 0 radical (unpaired) electrons. The van der Waals surface area contributed by atoms with E-state index >= 15 is 0 Å². The van der Waals surface area contributed by atoms with Crippen molar-refractivity contribution in [3.8, 4) is 5.75 Å². The molecule has 1 aliphatic rings. The highest BCUT2D eigenvalue weighted by Gasteiger charge is 2.24. The highest BCUT2D eigenvalue weighted by molar-refractivity contribution is 7.89. The Bertz CT molecular complexity index is 567. The van der Waals surface area contributed by atoms with E-state index < -0.39 is 16.0 Å². The SMILES string of the molecule is O=C(O)CCNS(=O)(=O)c1cccc2c1OCC2. The van der Waals surface area contributed by atoms with Crippen molar-refractivity contribution in [3.05, 3.63) is 23.8 Å². The zero-order valence-corrected chi connectivity index (χ0v) is 10.4. The van der Waals surface area contributed by atoms with Gasteiger partial charge in [-0.3, -0.25) is 4.79 Å². The number of hydrogen-bond donors (Lipinski definition) is 2. The summed E-state index contributed by atoms with van der Waals surface area (Å²) in [6.45, 7) is 0.332. The first-order valence-electron chi connectivity index (χ1n) is 5.47. The number of sulfonamides is 1. The summed E-state index contributed by atoms with van der Waals surface area (Å²) in [6.07, 6.45) is 0.433. The second-order valence-electron chi connectivity index (χ2n) is 3.88. The van der Waals surface area contributed by atoms with Gasteiger partial charge in [-0.05, 0) is 11.6 Å². The molecule has 1 aromatic rings. The normalized spacial score (nSPS) is 14.0. The van der Waals surface area contributed by atoms with Crippen molar-refractivity contribution in [2.45, 2.75) is 17.7 Å². The minimum Gasteiger partial charge on any atom is -0.492 e. The Morgan fingerprint density at radius 1 is 1.44 bits per heavy atom. The van der Waals surface area contributed by atoms with E-state index in [9.17, 15) is 13.2 Å². The Balaban J connectivity index is 2.20. The molecule has 1 heterocycles. The maximum absolute atomic E-state index is 12.0. The highest BCUT2D eigenvalue weighted by Crippen LogP contribution is 2.32. The van der Waals surface area contributed by atoms with Crippen LogP contribution in [0.5, 0.6) is 5.75 Å². The van der Waals surface area contributed by atoms with Gasteiger partial charge in [0.25, 0.3) is 0 Å². The van der Waals surface area contributed by atoms with Crippen LogP contribution in [0.25, 0.3) is 0 Å². The van der Waals surface area contributed by atoms with E-state index in [2.05, 4.69) is 4.72 Å². The summed E-state index contributed by atoms with van der Waals surface area (Å²) < 4.78 is 31.5. The number of carboxylic acids is 1. The molecule has 0 unspecified atom stereocenters. The molecule has 0 saturated carbocycles. The lowest BCUT2D eigenvalue weighted by Crippen LogP contribution is -2.26. The summed E-state index contributed by atoms with van der Waals surface area (Å²) in [7, 11) is -3.72. The molecule has 0 spiro atoms. The lowest BCUT2D eigenvalue weighted by Gasteiger charge is -2.09. The molecule has 2 N–H and O–H groups in total. The lowest BCUT2D eigenvalue weighted by atomic mass is 10.2. The molecule has 0 bridgehead atoms. The van der Waals surface area contributed by atoms with E-state index in [-0.39, 0.29) is 17.9 Å². The van der Waals surface area contributed by atoms with Crippen LogP contribution in [0.2, 0.25) is 0 Å². The molecule has 0 saturated heterocycles. The van der Waals surface area contributed by atoms with E-state index in [4.69, 9.17) is 9.84 Å². The van der Waals surface area contributed by atoms with Gasteiger partial charge in [0.1, 0.15) is 10.6 Å². The highest BCUT2D eigenvalue weighted by atomic mass is 32.2. The zero-order valence-electron chi connectivity index (χ0n) is 9.55. The number of para-hydroxylation sites is 1. The maximum atomic E-state index is 12.0. The molecule has 0 fully saturated rings. The molecular weight excluding hydrogens is 258 g/mol. The summed E-state index contributed by atoms with van der Waals surface area (Å²) in [4.78, 5) is 10.4. The smallest absolute Gasteiger partial charge is 0.304 e. The van der Waals surface area contributed by atoms with Crippen molar-refractivity contribution >= 4 is 16.0 Å². The van der Waals surface area contributed by atoms with E-state index in [0.717, 1.165) is 5.56 Å². The molecule has 0 aliphatic carbocycles. The topological polar surface area (TPSA) is 92.7 Å². The Morgan fingerprint density at radius 2 is 2.22 bits per heavy atom. The number of hydrogen-bond acceptors (Lipinski definition) is 4. The van der Waals surface area contributed by atoms with E-state index in [1.54, 1.807) is 6.07 Å². The molecule has 98 valence electrons. The fourth-order valence-corrected chi connectivity index (χ4v) is 2.98. The average molecular weight is 271 g/mol. The van der Waals surface area contributed by atoms with Crippen molar-refractivity contribution < 1.29 is 23.1 Å². The fraction of sp³-hybridized carbons (Fsp3) is 0.364. The van der Waals surface area contributed by atoms with Crippen LogP contribution in [0.3, 0.4) is 0 Å². The van der Waals surface area contributed by atoms with Crippen LogP contribution in [-0.4, -0.2) is 32.6 Å². The predicted molar refractivity (Wildman–Crippen MR) is 63.1 cm³/mol. The van der Waals surface area contributed by atoms with Gasteiger partial charge in [-0.15, -0.1) is 0 Å². The number of nitrogens with one attached hydrogen (secondary N) is 1. The largest absolute Gasteiger partial charge is 0.492 e. The van der Waals surface area contributed by atoms with E-state index in [1.807, 2.05) is 6.07 Å². The van der Waals surface area contributed by atoms with Gasteiger partial charge in [0.2, 0.25) is 10.0 Å². The molecule has 1 aliphatic heterocycles. The first kappa shape index (κ1) is 12.8. The van der Waals surface area contributed by atoms with Crippen LogP contribution in [0.1, 0.15) is 12.0 Å². The molecule has 1 aromatic carbocycles. The molecule has 0 aromatic heterocycles. The average Bonchev–Trinajstić information content (AvgIpc) is 2.75. The van der Waals surface area contributed by atoms with Crippen LogP contribution in [0, 0.1) is 0 Å². The van der Waals surface area contributed by atoms with Crippen LogP contribution >= 0.6 is 0 Å². The number of benzene rings is 1. The van der Waals surface area contributed by atoms with Gasteiger partial charge < -0.3 is 9.84 Å². The summed E-state index contributed by atoms with van der Waals surface area (Å²) in [5.41, 5.74) is 0.858. The van der Waals surface area contributed by atoms with Crippen molar-refractivity contribution in [1.29, 1.82) is 0 Å². The van der Waals surface area contributed by atoms with Crippen LogP contribution in [0.15, 0.2) is 23.1 Å². The number of aliphatic carboxylic acids is 1. The molecule has 6 nitrogen and oxygen atoms in total. The van der Waals surface area contributed by atoms with E-state index in [1.165, 1.54) is 6.07 Å². The molecule has 7 heteroatoms. The first-order chi connectivity index (χ1) is 8.50. The summed E-state index contributed by atoms with van der Waals surface area (Å²) in [5, 5.41) is 8.48. The standard InChI is InChI=1S/C11H13NO5S/c13-10(14)4-6-12-18(15,16)9-3-1-2-8-5-7-17-11(8)9/h1-3,12H,4-7H2,(H,13,14). The number of fused-ring (bicyclic) bond motifs is 1. The van der Waals surface area contributed by atoms with Gasteiger partial charge in [-0.25, -0.2) is 13.1 Å². The van der Waals surface area contributed by atoms with Gasteiger partial charge in [-0.2, -0.15) is 0 Å². The number of ether oxygens (including phenoxy) is 1. The second kappa shape index (κ2) is 4.95. The van der Waals surface area contributed by atoms with Crippen molar-refractivity contribution in [1.82, 2.24) is 4.72 Å². The number of carboxylic acid groups (broad SMARTS) is 1.